The molecule has 0 saturated carbocycles. The largest absolute Gasteiger partial charge is 0.356 e. The highest BCUT2D eigenvalue weighted by Crippen LogP contribution is 2.24. The second-order valence-electron chi connectivity index (χ2n) is 4.76. The summed E-state index contributed by atoms with van der Waals surface area (Å²) in [4.78, 5) is 9.04. The molecule has 2 unspecified atom stereocenters. The summed E-state index contributed by atoms with van der Waals surface area (Å²) in [6.07, 6.45) is 3.03. The maximum Gasteiger partial charge on any atom is 0.157 e. The lowest BCUT2D eigenvalue weighted by molar-refractivity contribution is 0.528. The van der Waals surface area contributed by atoms with E-state index in [9.17, 15) is 0 Å². The van der Waals surface area contributed by atoms with Gasteiger partial charge in [-0.1, -0.05) is 25.6 Å². The van der Waals surface area contributed by atoms with E-state index in [1.165, 1.54) is 6.42 Å². The SMILES string of the molecule is CC(C)CC1CSC(NC(C)c2nccs2)=N1. The van der Waals surface area contributed by atoms with Gasteiger partial charge in [0.25, 0.3) is 0 Å². The van der Waals surface area contributed by atoms with E-state index >= 15 is 0 Å². The lowest BCUT2D eigenvalue weighted by Crippen LogP contribution is -2.22. The normalized spacial score (nSPS) is 21.6. The summed E-state index contributed by atoms with van der Waals surface area (Å²) in [6, 6.07) is 0.755. The van der Waals surface area contributed by atoms with Crippen LogP contribution in [-0.4, -0.2) is 21.9 Å². The number of thiazole rings is 1. The average Bonchev–Trinajstić information content (AvgIpc) is 2.87. The van der Waals surface area contributed by atoms with E-state index in [4.69, 9.17) is 4.99 Å². The van der Waals surface area contributed by atoms with Gasteiger partial charge < -0.3 is 5.32 Å². The van der Waals surface area contributed by atoms with Gasteiger partial charge in [-0.05, 0) is 19.3 Å². The molecular formula is C12H19N3S2. The quantitative estimate of drug-likeness (QED) is 0.911. The van der Waals surface area contributed by atoms with Gasteiger partial charge in [-0.3, -0.25) is 4.99 Å². The summed E-state index contributed by atoms with van der Waals surface area (Å²) >= 11 is 3.52. The zero-order valence-electron chi connectivity index (χ0n) is 10.5. The highest BCUT2D eigenvalue weighted by atomic mass is 32.2. The molecule has 0 aliphatic carbocycles. The van der Waals surface area contributed by atoms with Gasteiger partial charge in [0.1, 0.15) is 5.01 Å². The summed E-state index contributed by atoms with van der Waals surface area (Å²) in [5.41, 5.74) is 0. The third-order valence-corrected chi connectivity index (χ3v) is 4.62. The molecular weight excluding hydrogens is 250 g/mol. The van der Waals surface area contributed by atoms with Gasteiger partial charge in [-0.25, -0.2) is 4.98 Å². The monoisotopic (exact) mass is 269 g/mol. The molecule has 0 aromatic carbocycles. The van der Waals surface area contributed by atoms with Gasteiger partial charge in [-0.15, -0.1) is 11.3 Å². The maximum absolute atomic E-state index is 4.72. The molecule has 2 rings (SSSR count). The molecule has 3 nitrogen and oxygen atoms in total. The molecule has 0 radical (unpaired) electrons. The molecule has 0 bridgehead atoms. The van der Waals surface area contributed by atoms with Crippen LogP contribution in [0.15, 0.2) is 16.6 Å². The first kappa shape index (κ1) is 12.9. The van der Waals surface area contributed by atoms with E-state index in [1.54, 1.807) is 11.3 Å². The topological polar surface area (TPSA) is 37.3 Å². The summed E-state index contributed by atoms with van der Waals surface area (Å²) in [5.74, 6) is 1.84. The Morgan fingerprint density at radius 2 is 2.29 bits per heavy atom. The molecule has 1 aliphatic rings. The van der Waals surface area contributed by atoms with Crippen molar-refractivity contribution < 1.29 is 0 Å². The molecule has 1 aliphatic heterocycles. The standard InChI is InChI=1S/C12H19N3S2/c1-8(2)6-10-7-17-12(15-10)14-9(3)11-13-4-5-16-11/h4-5,8-10H,6-7H2,1-3H3,(H,14,15). The lowest BCUT2D eigenvalue weighted by atomic mass is 10.1. The highest BCUT2D eigenvalue weighted by Gasteiger charge is 2.21. The minimum absolute atomic E-state index is 0.263. The van der Waals surface area contributed by atoms with Crippen LogP contribution in [0.4, 0.5) is 0 Å². The number of nitrogens with one attached hydrogen (secondary N) is 1. The van der Waals surface area contributed by atoms with Crippen LogP contribution < -0.4 is 5.32 Å². The van der Waals surface area contributed by atoms with Crippen molar-refractivity contribution in [3.63, 3.8) is 0 Å². The van der Waals surface area contributed by atoms with Crippen molar-refractivity contribution in [2.45, 2.75) is 39.3 Å². The minimum atomic E-state index is 0.263. The Hall–Kier alpha value is -0.550. The van der Waals surface area contributed by atoms with Crippen molar-refractivity contribution >= 4 is 28.3 Å². The molecule has 0 spiro atoms. The first-order valence-electron chi connectivity index (χ1n) is 6.01. The molecule has 1 N–H and O–H groups in total. The van der Waals surface area contributed by atoms with Crippen LogP contribution >= 0.6 is 23.1 Å². The molecule has 1 aromatic rings. The van der Waals surface area contributed by atoms with Crippen molar-refractivity contribution in [1.82, 2.24) is 10.3 Å². The predicted octanol–water partition coefficient (Wildman–Crippen LogP) is 3.31. The fourth-order valence-electron chi connectivity index (χ4n) is 1.85. The van der Waals surface area contributed by atoms with Crippen molar-refractivity contribution in [3.8, 4) is 0 Å². The smallest absolute Gasteiger partial charge is 0.157 e. The Morgan fingerprint density at radius 3 is 2.94 bits per heavy atom. The van der Waals surface area contributed by atoms with Crippen LogP contribution in [0.1, 0.15) is 38.2 Å². The summed E-state index contributed by atoms with van der Waals surface area (Å²) in [5, 5.41) is 7.67. The molecule has 5 heteroatoms. The van der Waals surface area contributed by atoms with Crippen LogP contribution in [0, 0.1) is 5.92 Å². The molecule has 0 fully saturated rings. The van der Waals surface area contributed by atoms with Crippen LogP contribution in [0.2, 0.25) is 0 Å². The molecule has 0 amide bonds. The molecule has 0 saturated heterocycles. The van der Waals surface area contributed by atoms with Crippen molar-refractivity contribution in [3.05, 3.63) is 16.6 Å². The van der Waals surface area contributed by atoms with Gasteiger partial charge in [0.15, 0.2) is 5.17 Å². The second kappa shape index (κ2) is 5.87. The summed E-state index contributed by atoms with van der Waals surface area (Å²) in [7, 11) is 0. The number of rotatable bonds is 4. The maximum atomic E-state index is 4.72. The molecule has 2 heterocycles. The lowest BCUT2D eigenvalue weighted by Gasteiger charge is -2.11. The van der Waals surface area contributed by atoms with Crippen LogP contribution in [-0.2, 0) is 0 Å². The average molecular weight is 269 g/mol. The number of amidine groups is 1. The Bertz CT molecular complexity index is 373. The van der Waals surface area contributed by atoms with Gasteiger partial charge in [0.2, 0.25) is 0 Å². The number of hydrogen-bond donors (Lipinski definition) is 1. The zero-order chi connectivity index (χ0) is 12.3. The predicted molar refractivity (Wildman–Crippen MR) is 76.8 cm³/mol. The minimum Gasteiger partial charge on any atom is -0.356 e. The third kappa shape index (κ3) is 3.71. The number of aliphatic imine (C=N–C) groups is 1. The molecule has 94 valence electrons. The van der Waals surface area contributed by atoms with Crippen molar-refractivity contribution in [1.29, 1.82) is 0 Å². The Morgan fingerprint density at radius 1 is 1.47 bits per heavy atom. The van der Waals surface area contributed by atoms with Crippen LogP contribution in [0.3, 0.4) is 0 Å². The number of thioether (sulfide) groups is 1. The van der Waals surface area contributed by atoms with Crippen molar-refractivity contribution in [2.24, 2.45) is 10.9 Å². The van der Waals surface area contributed by atoms with E-state index < -0.39 is 0 Å². The van der Waals surface area contributed by atoms with E-state index in [-0.39, 0.29) is 6.04 Å². The first-order chi connectivity index (χ1) is 8.15. The Balaban J connectivity index is 1.88. The fourth-order valence-corrected chi connectivity index (χ4v) is 3.55. The molecule has 1 aromatic heterocycles. The first-order valence-corrected chi connectivity index (χ1v) is 7.88. The number of hydrogen-bond acceptors (Lipinski definition) is 5. The number of nitrogens with zero attached hydrogens (tertiary/aromatic N) is 2. The Labute approximate surface area is 111 Å². The molecule has 2 atom stereocenters. The van der Waals surface area contributed by atoms with Gasteiger partial charge >= 0.3 is 0 Å². The summed E-state index contributed by atoms with van der Waals surface area (Å²) in [6.45, 7) is 6.64. The zero-order valence-corrected chi connectivity index (χ0v) is 12.1. The van der Waals surface area contributed by atoms with E-state index in [2.05, 4.69) is 31.1 Å². The highest BCUT2D eigenvalue weighted by molar-refractivity contribution is 8.14. The van der Waals surface area contributed by atoms with Gasteiger partial charge in [0.05, 0.1) is 12.1 Å². The Kier molecular flexibility index (Phi) is 4.45. The molecule has 17 heavy (non-hydrogen) atoms. The van der Waals surface area contributed by atoms with Gasteiger partial charge in [-0.2, -0.15) is 0 Å². The van der Waals surface area contributed by atoms with Crippen molar-refractivity contribution in [2.75, 3.05) is 5.75 Å². The number of aromatic nitrogens is 1. The van der Waals surface area contributed by atoms with Gasteiger partial charge in [0, 0.05) is 17.3 Å². The van der Waals surface area contributed by atoms with E-state index in [0.717, 1.165) is 21.8 Å². The van der Waals surface area contributed by atoms with E-state index in [0.29, 0.717) is 6.04 Å². The third-order valence-electron chi connectivity index (χ3n) is 2.62. The van der Waals surface area contributed by atoms with Crippen LogP contribution in [0.25, 0.3) is 0 Å². The summed E-state index contributed by atoms with van der Waals surface area (Å²) < 4.78 is 0. The second-order valence-corrected chi connectivity index (χ2v) is 6.70. The van der Waals surface area contributed by atoms with E-state index in [1.807, 2.05) is 23.3 Å². The van der Waals surface area contributed by atoms with Crippen LogP contribution in [0.5, 0.6) is 0 Å². The fraction of sp³-hybridized carbons (Fsp3) is 0.667.